The van der Waals surface area contributed by atoms with Gasteiger partial charge in [-0.3, -0.25) is 0 Å². The predicted octanol–water partition coefficient (Wildman–Crippen LogP) is 3.95. The second-order valence-electron chi connectivity index (χ2n) is 7.41. The fourth-order valence-electron chi connectivity index (χ4n) is 2.67. The minimum absolute atomic E-state index is 0.0696. The quantitative estimate of drug-likeness (QED) is 0.726. The summed E-state index contributed by atoms with van der Waals surface area (Å²) in [5.41, 5.74) is -0.584. The van der Waals surface area contributed by atoms with Crippen LogP contribution in [0, 0.1) is 11.8 Å². The minimum atomic E-state index is -0.434. The van der Waals surface area contributed by atoms with Crippen LogP contribution in [-0.4, -0.2) is 23.8 Å². The summed E-state index contributed by atoms with van der Waals surface area (Å²) in [6.07, 6.45) is 4.47. The van der Waals surface area contributed by atoms with Crippen LogP contribution < -0.4 is 0 Å². The summed E-state index contributed by atoms with van der Waals surface area (Å²) in [6, 6.07) is 0. The lowest BCUT2D eigenvalue weighted by Gasteiger charge is -2.38. The van der Waals surface area contributed by atoms with E-state index in [-0.39, 0.29) is 18.2 Å². The number of hydrogen-bond donors (Lipinski definition) is 0. The number of carbonyl (C=O) groups excluding carboxylic acids is 1. The lowest BCUT2D eigenvalue weighted by molar-refractivity contribution is -0.168. The number of rotatable bonds is 4. The maximum absolute atomic E-state index is 11.7. The molecule has 1 aliphatic rings. The Hall–Kier alpha value is -0.570. The van der Waals surface area contributed by atoms with Gasteiger partial charge in [-0.15, -0.1) is 0 Å². The Morgan fingerprint density at radius 2 is 1.79 bits per heavy atom. The van der Waals surface area contributed by atoms with Crippen molar-refractivity contribution in [1.29, 1.82) is 0 Å². The number of esters is 1. The Balaban J connectivity index is 2.35. The molecule has 0 saturated heterocycles. The van der Waals surface area contributed by atoms with Gasteiger partial charge in [0.05, 0.1) is 5.60 Å². The second-order valence-corrected chi connectivity index (χ2v) is 7.41. The normalized spacial score (nSPS) is 28.5. The lowest BCUT2D eigenvalue weighted by Crippen LogP contribution is -2.38. The van der Waals surface area contributed by atoms with Crippen LogP contribution in [-0.2, 0) is 14.3 Å². The zero-order chi connectivity index (χ0) is 14.7. The first-order valence-electron chi connectivity index (χ1n) is 7.47. The number of hydrogen-bond acceptors (Lipinski definition) is 3. The SMILES string of the molecule is CC(C)C1CCC(C)(OCC(=O)OC(C)(C)C)CC1. The highest BCUT2D eigenvalue weighted by molar-refractivity contribution is 5.71. The van der Waals surface area contributed by atoms with Crippen molar-refractivity contribution in [3.63, 3.8) is 0 Å². The molecule has 0 aliphatic heterocycles. The minimum Gasteiger partial charge on any atom is -0.458 e. The topological polar surface area (TPSA) is 35.5 Å². The molecule has 0 bridgehead atoms. The first kappa shape index (κ1) is 16.5. The molecule has 0 N–H and O–H groups in total. The van der Waals surface area contributed by atoms with Gasteiger partial charge in [-0.25, -0.2) is 4.79 Å². The van der Waals surface area contributed by atoms with Gasteiger partial charge in [0.1, 0.15) is 12.2 Å². The summed E-state index contributed by atoms with van der Waals surface area (Å²) in [4.78, 5) is 11.7. The molecule has 0 aromatic carbocycles. The molecule has 0 spiro atoms. The molecule has 0 heterocycles. The van der Waals surface area contributed by atoms with E-state index in [9.17, 15) is 4.79 Å². The summed E-state index contributed by atoms with van der Waals surface area (Å²) < 4.78 is 11.1. The van der Waals surface area contributed by atoms with E-state index in [0.29, 0.717) is 0 Å². The molecule has 0 radical (unpaired) electrons. The Bertz CT molecular complexity index is 294. The van der Waals surface area contributed by atoms with E-state index < -0.39 is 5.60 Å². The molecular formula is C16H30O3. The van der Waals surface area contributed by atoms with E-state index >= 15 is 0 Å². The summed E-state index contributed by atoms with van der Waals surface area (Å²) >= 11 is 0. The first-order chi connectivity index (χ1) is 8.61. The van der Waals surface area contributed by atoms with Crippen LogP contribution in [0.25, 0.3) is 0 Å². The Labute approximate surface area is 118 Å². The third-order valence-electron chi connectivity index (χ3n) is 3.99. The van der Waals surface area contributed by atoms with Gasteiger partial charge in [0.15, 0.2) is 0 Å². The van der Waals surface area contributed by atoms with Crippen LogP contribution in [0.15, 0.2) is 0 Å². The Kier molecular flexibility index (Phi) is 5.43. The fraction of sp³-hybridized carbons (Fsp3) is 0.938. The lowest BCUT2D eigenvalue weighted by atomic mass is 9.75. The third-order valence-corrected chi connectivity index (χ3v) is 3.99. The van der Waals surface area contributed by atoms with Crippen molar-refractivity contribution in [3.8, 4) is 0 Å². The van der Waals surface area contributed by atoms with Crippen molar-refractivity contribution in [1.82, 2.24) is 0 Å². The van der Waals surface area contributed by atoms with E-state index in [1.165, 1.54) is 12.8 Å². The van der Waals surface area contributed by atoms with Crippen molar-refractivity contribution in [2.45, 2.75) is 78.4 Å². The van der Waals surface area contributed by atoms with Gasteiger partial charge >= 0.3 is 5.97 Å². The molecule has 1 fully saturated rings. The zero-order valence-electron chi connectivity index (χ0n) is 13.4. The molecule has 0 unspecified atom stereocenters. The smallest absolute Gasteiger partial charge is 0.332 e. The molecule has 3 nitrogen and oxygen atoms in total. The zero-order valence-corrected chi connectivity index (χ0v) is 13.4. The molecule has 1 rings (SSSR count). The van der Waals surface area contributed by atoms with Crippen LogP contribution in [0.3, 0.4) is 0 Å². The van der Waals surface area contributed by atoms with Crippen LogP contribution in [0.5, 0.6) is 0 Å². The van der Waals surface area contributed by atoms with Crippen LogP contribution in [0.1, 0.15) is 67.2 Å². The van der Waals surface area contributed by atoms with Crippen molar-refractivity contribution >= 4 is 5.97 Å². The van der Waals surface area contributed by atoms with Gasteiger partial charge < -0.3 is 9.47 Å². The Morgan fingerprint density at radius 3 is 2.21 bits per heavy atom. The van der Waals surface area contributed by atoms with Crippen LogP contribution >= 0.6 is 0 Å². The maximum atomic E-state index is 11.7. The van der Waals surface area contributed by atoms with E-state index in [2.05, 4.69) is 20.8 Å². The van der Waals surface area contributed by atoms with Crippen LogP contribution in [0.4, 0.5) is 0 Å². The standard InChI is InChI=1S/C16H30O3/c1-12(2)13-7-9-16(6,10-8-13)18-11-14(17)19-15(3,4)5/h12-13H,7-11H2,1-6H3. The van der Waals surface area contributed by atoms with Crippen molar-refractivity contribution in [3.05, 3.63) is 0 Å². The average molecular weight is 270 g/mol. The maximum Gasteiger partial charge on any atom is 0.332 e. The number of ether oxygens (including phenoxy) is 2. The summed E-state index contributed by atoms with van der Waals surface area (Å²) in [5, 5.41) is 0. The third kappa shape index (κ3) is 5.94. The first-order valence-corrected chi connectivity index (χ1v) is 7.47. The number of carbonyl (C=O) groups is 1. The molecule has 0 atom stereocenters. The van der Waals surface area contributed by atoms with Gasteiger partial charge in [0.25, 0.3) is 0 Å². The highest BCUT2D eigenvalue weighted by atomic mass is 16.6. The summed E-state index contributed by atoms with van der Waals surface area (Å²) in [6.45, 7) is 12.4. The van der Waals surface area contributed by atoms with Crippen molar-refractivity contribution in [2.24, 2.45) is 11.8 Å². The Morgan fingerprint density at radius 1 is 1.26 bits per heavy atom. The highest BCUT2D eigenvalue weighted by Gasteiger charge is 2.33. The molecule has 19 heavy (non-hydrogen) atoms. The molecular weight excluding hydrogens is 240 g/mol. The largest absolute Gasteiger partial charge is 0.458 e. The fourth-order valence-corrected chi connectivity index (χ4v) is 2.67. The van der Waals surface area contributed by atoms with Crippen molar-refractivity contribution < 1.29 is 14.3 Å². The van der Waals surface area contributed by atoms with Gasteiger partial charge in [-0.05, 0) is 65.2 Å². The van der Waals surface area contributed by atoms with Crippen molar-refractivity contribution in [2.75, 3.05) is 6.61 Å². The van der Waals surface area contributed by atoms with Crippen LogP contribution in [0.2, 0.25) is 0 Å². The van der Waals surface area contributed by atoms with Gasteiger partial charge in [-0.2, -0.15) is 0 Å². The van der Waals surface area contributed by atoms with Gasteiger partial charge in [-0.1, -0.05) is 13.8 Å². The van der Waals surface area contributed by atoms with E-state index in [1.807, 2.05) is 20.8 Å². The predicted molar refractivity (Wildman–Crippen MR) is 77.0 cm³/mol. The monoisotopic (exact) mass is 270 g/mol. The summed E-state index contributed by atoms with van der Waals surface area (Å²) in [5.74, 6) is 1.29. The molecule has 0 amide bonds. The van der Waals surface area contributed by atoms with E-state index in [4.69, 9.17) is 9.47 Å². The highest BCUT2D eigenvalue weighted by Crippen LogP contribution is 2.37. The molecule has 3 heteroatoms. The molecule has 1 aliphatic carbocycles. The molecule has 0 aromatic rings. The molecule has 112 valence electrons. The molecule has 0 aromatic heterocycles. The van der Waals surface area contributed by atoms with E-state index in [1.54, 1.807) is 0 Å². The van der Waals surface area contributed by atoms with E-state index in [0.717, 1.165) is 24.7 Å². The average Bonchev–Trinajstić information content (AvgIpc) is 2.25. The molecule has 1 saturated carbocycles. The van der Waals surface area contributed by atoms with Gasteiger partial charge in [0.2, 0.25) is 0 Å². The summed E-state index contributed by atoms with van der Waals surface area (Å²) in [7, 11) is 0. The van der Waals surface area contributed by atoms with Gasteiger partial charge in [0, 0.05) is 0 Å². The second kappa shape index (κ2) is 6.25.